The Morgan fingerprint density at radius 1 is 1.44 bits per heavy atom. The third kappa shape index (κ3) is 4.93. The second-order valence-electron chi connectivity index (χ2n) is 4.03. The Labute approximate surface area is 116 Å². The molecular weight excluding hydrogens is 298 g/mol. The van der Waals surface area contributed by atoms with Crippen molar-refractivity contribution < 1.29 is 9.53 Å². The van der Waals surface area contributed by atoms with Gasteiger partial charge in [-0.25, -0.2) is 4.79 Å². The van der Waals surface area contributed by atoms with Gasteiger partial charge in [0.1, 0.15) is 5.75 Å². The Morgan fingerprint density at radius 3 is 2.78 bits per heavy atom. The number of benzene rings is 1. The highest BCUT2D eigenvalue weighted by Crippen LogP contribution is 2.26. The van der Waals surface area contributed by atoms with Crippen molar-refractivity contribution in [2.75, 3.05) is 39.6 Å². The number of methoxy groups -OCH3 is 1. The molecule has 1 aromatic rings. The van der Waals surface area contributed by atoms with E-state index in [2.05, 4.69) is 26.6 Å². The van der Waals surface area contributed by atoms with Gasteiger partial charge in [0.25, 0.3) is 0 Å². The summed E-state index contributed by atoms with van der Waals surface area (Å²) >= 11 is 3.37. The van der Waals surface area contributed by atoms with Crippen molar-refractivity contribution in [2.45, 2.75) is 0 Å². The first-order chi connectivity index (χ1) is 8.52. The second kappa shape index (κ2) is 7.23. The van der Waals surface area contributed by atoms with Gasteiger partial charge in [0.15, 0.2) is 0 Å². The highest BCUT2D eigenvalue weighted by Gasteiger charge is 2.06. The van der Waals surface area contributed by atoms with Crippen molar-refractivity contribution in [3.8, 4) is 5.75 Å². The SMILES string of the molecule is COc1ccc(Br)c(NC(=O)NCCN(C)C)c1. The Morgan fingerprint density at radius 2 is 2.17 bits per heavy atom. The van der Waals surface area contributed by atoms with E-state index < -0.39 is 0 Å². The number of hydrogen-bond acceptors (Lipinski definition) is 3. The summed E-state index contributed by atoms with van der Waals surface area (Å²) in [6, 6.07) is 5.18. The zero-order chi connectivity index (χ0) is 13.5. The molecule has 1 aromatic carbocycles. The molecule has 0 aliphatic rings. The maximum absolute atomic E-state index is 11.6. The molecule has 6 heteroatoms. The lowest BCUT2D eigenvalue weighted by Gasteiger charge is -2.12. The van der Waals surface area contributed by atoms with Gasteiger partial charge in [-0.3, -0.25) is 0 Å². The average molecular weight is 316 g/mol. The van der Waals surface area contributed by atoms with Crippen LogP contribution >= 0.6 is 15.9 Å². The van der Waals surface area contributed by atoms with E-state index in [9.17, 15) is 4.79 Å². The maximum Gasteiger partial charge on any atom is 0.319 e. The Bertz CT molecular complexity index is 410. The molecule has 0 spiro atoms. The fraction of sp³-hybridized carbons (Fsp3) is 0.417. The van der Waals surface area contributed by atoms with Crippen LogP contribution in [-0.2, 0) is 0 Å². The minimum atomic E-state index is -0.231. The Kier molecular flexibility index (Phi) is 5.94. The van der Waals surface area contributed by atoms with Gasteiger partial charge in [0.2, 0.25) is 0 Å². The summed E-state index contributed by atoms with van der Waals surface area (Å²) < 4.78 is 5.92. The standard InChI is InChI=1S/C12H18BrN3O2/c1-16(2)7-6-14-12(17)15-11-8-9(18-3)4-5-10(11)13/h4-5,8H,6-7H2,1-3H3,(H2,14,15,17). The zero-order valence-electron chi connectivity index (χ0n) is 10.8. The topological polar surface area (TPSA) is 53.6 Å². The van der Waals surface area contributed by atoms with Crippen molar-refractivity contribution in [3.05, 3.63) is 22.7 Å². The van der Waals surface area contributed by atoms with Gasteiger partial charge in [-0.2, -0.15) is 0 Å². The van der Waals surface area contributed by atoms with Gasteiger partial charge < -0.3 is 20.3 Å². The number of rotatable bonds is 5. The number of nitrogens with zero attached hydrogens (tertiary/aromatic N) is 1. The van der Waals surface area contributed by atoms with Gasteiger partial charge in [0.05, 0.1) is 12.8 Å². The molecule has 0 bridgehead atoms. The molecule has 2 amide bonds. The maximum atomic E-state index is 11.6. The van der Waals surface area contributed by atoms with Crippen molar-refractivity contribution in [3.63, 3.8) is 0 Å². The first kappa shape index (κ1) is 14.8. The summed E-state index contributed by atoms with van der Waals surface area (Å²) in [6.07, 6.45) is 0. The molecule has 0 saturated heterocycles. The largest absolute Gasteiger partial charge is 0.497 e. The Hall–Kier alpha value is -1.27. The first-order valence-corrected chi connectivity index (χ1v) is 6.35. The Balaban J connectivity index is 2.53. The van der Waals surface area contributed by atoms with Crippen LogP contribution in [0.3, 0.4) is 0 Å². The lowest BCUT2D eigenvalue weighted by Crippen LogP contribution is -2.34. The molecule has 0 atom stereocenters. The fourth-order valence-electron chi connectivity index (χ4n) is 1.29. The van der Waals surface area contributed by atoms with Crippen molar-refractivity contribution in [1.82, 2.24) is 10.2 Å². The van der Waals surface area contributed by atoms with Crippen molar-refractivity contribution >= 4 is 27.6 Å². The number of carbonyl (C=O) groups excluding carboxylic acids is 1. The number of anilines is 1. The van der Waals surface area contributed by atoms with Crippen LogP contribution in [0.25, 0.3) is 0 Å². The summed E-state index contributed by atoms with van der Waals surface area (Å²) in [7, 11) is 5.50. The molecule has 100 valence electrons. The fourth-order valence-corrected chi connectivity index (χ4v) is 1.63. The number of carbonyl (C=O) groups is 1. The molecule has 5 nitrogen and oxygen atoms in total. The first-order valence-electron chi connectivity index (χ1n) is 5.56. The molecule has 0 saturated carbocycles. The van der Waals surface area contributed by atoms with Crippen LogP contribution in [0.5, 0.6) is 5.75 Å². The molecule has 0 aliphatic heterocycles. The van der Waals surface area contributed by atoms with Crippen LogP contribution in [0.1, 0.15) is 0 Å². The molecular formula is C12H18BrN3O2. The van der Waals surface area contributed by atoms with Gasteiger partial charge >= 0.3 is 6.03 Å². The summed E-state index contributed by atoms with van der Waals surface area (Å²) in [4.78, 5) is 13.6. The molecule has 1 rings (SSSR count). The molecule has 0 heterocycles. The number of halogens is 1. The van der Waals surface area contributed by atoms with Crippen LogP contribution in [0, 0.1) is 0 Å². The third-order valence-corrected chi connectivity index (χ3v) is 2.96. The van der Waals surface area contributed by atoms with Gasteiger partial charge in [-0.15, -0.1) is 0 Å². The highest BCUT2D eigenvalue weighted by atomic mass is 79.9. The molecule has 0 fully saturated rings. The number of ether oxygens (including phenoxy) is 1. The van der Waals surface area contributed by atoms with Crippen LogP contribution < -0.4 is 15.4 Å². The van der Waals surface area contributed by atoms with E-state index in [1.54, 1.807) is 13.2 Å². The summed E-state index contributed by atoms with van der Waals surface area (Å²) in [5, 5.41) is 5.54. The monoisotopic (exact) mass is 315 g/mol. The quantitative estimate of drug-likeness (QED) is 0.875. The van der Waals surface area contributed by atoms with Crippen LogP contribution in [0.15, 0.2) is 22.7 Å². The van der Waals surface area contributed by atoms with Gasteiger partial charge in [-0.1, -0.05) is 0 Å². The number of hydrogen-bond donors (Lipinski definition) is 2. The van der Waals surface area contributed by atoms with E-state index in [0.717, 1.165) is 11.0 Å². The summed E-state index contributed by atoms with van der Waals surface area (Å²) in [5.74, 6) is 0.696. The molecule has 18 heavy (non-hydrogen) atoms. The average Bonchev–Trinajstić information content (AvgIpc) is 2.31. The number of urea groups is 1. The second-order valence-corrected chi connectivity index (χ2v) is 4.88. The predicted octanol–water partition coefficient (Wildman–Crippen LogP) is 2.14. The van der Waals surface area contributed by atoms with Gasteiger partial charge in [-0.05, 0) is 42.2 Å². The minimum Gasteiger partial charge on any atom is -0.497 e. The van der Waals surface area contributed by atoms with Crippen LogP contribution in [-0.4, -0.2) is 45.2 Å². The highest BCUT2D eigenvalue weighted by molar-refractivity contribution is 9.10. The van der Waals surface area contributed by atoms with E-state index in [-0.39, 0.29) is 6.03 Å². The lowest BCUT2D eigenvalue weighted by molar-refractivity contribution is 0.250. The lowest BCUT2D eigenvalue weighted by atomic mass is 10.3. The van der Waals surface area contributed by atoms with E-state index in [1.807, 2.05) is 31.1 Å². The summed E-state index contributed by atoms with van der Waals surface area (Å²) in [5.41, 5.74) is 0.678. The van der Waals surface area contributed by atoms with E-state index in [1.165, 1.54) is 0 Å². The predicted molar refractivity (Wildman–Crippen MR) is 76.3 cm³/mol. The zero-order valence-corrected chi connectivity index (χ0v) is 12.4. The van der Waals surface area contributed by atoms with E-state index in [4.69, 9.17) is 4.74 Å². The smallest absolute Gasteiger partial charge is 0.319 e. The molecule has 0 radical (unpaired) electrons. The minimum absolute atomic E-state index is 0.231. The molecule has 0 aromatic heterocycles. The van der Waals surface area contributed by atoms with E-state index >= 15 is 0 Å². The number of nitrogens with one attached hydrogen (secondary N) is 2. The third-order valence-electron chi connectivity index (χ3n) is 2.27. The molecule has 0 unspecified atom stereocenters. The molecule has 2 N–H and O–H groups in total. The van der Waals surface area contributed by atoms with E-state index in [0.29, 0.717) is 18.0 Å². The van der Waals surface area contributed by atoms with Crippen LogP contribution in [0.2, 0.25) is 0 Å². The molecule has 0 aliphatic carbocycles. The van der Waals surface area contributed by atoms with Crippen LogP contribution in [0.4, 0.5) is 10.5 Å². The van der Waals surface area contributed by atoms with Crippen molar-refractivity contribution in [1.29, 1.82) is 0 Å². The number of likely N-dealkylation sites (N-methyl/N-ethyl adjacent to an activating group) is 1. The summed E-state index contributed by atoms with van der Waals surface area (Å²) in [6.45, 7) is 1.40. The number of amides is 2. The normalized spacial score (nSPS) is 10.3. The van der Waals surface area contributed by atoms with Crippen molar-refractivity contribution in [2.24, 2.45) is 0 Å². The van der Waals surface area contributed by atoms with Gasteiger partial charge in [0, 0.05) is 23.6 Å².